The summed E-state index contributed by atoms with van der Waals surface area (Å²) in [6, 6.07) is 8.54. The zero-order chi connectivity index (χ0) is 11.7. The van der Waals surface area contributed by atoms with E-state index < -0.39 is 0 Å². The minimum absolute atomic E-state index is 0.157. The maximum atomic E-state index is 11.7. The maximum Gasteiger partial charge on any atom is 0.142 e. The first kappa shape index (κ1) is 11.2. The van der Waals surface area contributed by atoms with Gasteiger partial charge in [0.2, 0.25) is 0 Å². The minimum Gasteiger partial charge on any atom is -0.370 e. The molecule has 0 N–H and O–H groups in total. The van der Waals surface area contributed by atoms with E-state index >= 15 is 0 Å². The molecule has 2 unspecified atom stereocenters. The number of piperidine rings is 1. The standard InChI is InChI=1S/C14H19NO/c1-10-4-6-13(7-5-10)15-8-11(2)14(16)12(3)9-15/h4-7,11-12H,8-9H2,1-3H3. The first-order chi connectivity index (χ1) is 7.58. The first-order valence-corrected chi connectivity index (χ1v) is 5.93. The van der Waals surface area contributed by atoms with Crippen LogP contribution in [0.25, 0.3) is 0 Å². The van der Waals surface area contributed by atoms with E-state index in [0.29, 0.717) is 5.78 Å². The van der Waals surface area contributed by atoms with Crippen LogP contribution in [0.2, 0.25) is 0 Å². The van der Waals surface area contributed by atoms with Gasteiger partial charge in [-0.05, 0) is 19.1 Å². The molecule has 86 valence electrons. The highest BCUT2D eigenvalue weighted by Gasteiger charge is 2.29. The fraction of sp³-hybridized carbons (Fsp3) is 0.500. The lowest BCUT2D eigenvalue weighted by Gasteiger charge is -2.35. The number of hydrogen-bond donors (Lipinski definition) is 0. The lowest BCUT2D eigenvalue weighted by atomic mass is 9.90. The number of Topliss-reactive ketones (excluding diaryl/α,β-unsaturated/α-hetero) is 1. The molecular formula is C14H19NO. The van der Waals surface area contributed by atoms with Gasteiger partial charge in [-0.1, -0.05) is 31.5 Å². The average Bonchev–Trinajstić information content (AvgIpc) is 2.26. The highest BCUT2D eigenvalue weighted by Crippen LogP contribution is 2.24. The molecule has 1 saturated heterocycles. The maximum absolute atomic E-state index is 11.7. The largest absolute Gasteiger partial charge is 0.370 e. The van der Waals surface area contributed by atoms with Crippen molar-refractivity contribution in [2.75, 3.05) is 18.0 Å². The molecule has 2 atom stereocenters. The lowest BCUT2D eigenvalue weighted by Crippen LogP contribution is -2.44. The van der Waals surface area contributed by atoms with Gasteiger partial charge >= 0.3 is 0 Å². The SMILES string of the molecule is Cc1ccc(N2CC(C)C(=O)C(C)C2)cc1. The van der Waals surface area contributed by atoms with E-state index in [2.05, 4.69) is 36.1 Å². The molecule has 1 aromatic carbocycles. The highest BCUT2D eigenvalue weighted by atomic mass is 16.1. The van der Waals surface area contributed by atoms with E-state index in [0.717, 1.165) is 13.1 Å². The highest BCUT2D eigenvalue weighted by molar-refractivity contribution is 5.85. The number of hydrogen-bond acceptors (Lipinski definition) is 2. The normalized spacial score (nSPS) is 25.9. The Morgan fingerprint density at radius 1 is 1.06 bits per heavy atom. The quantitative estimate of drug-likeness (QED) is 0.720. The molecule has 0 aromatic heterocycles. The number of anilines is 1. The second kappa shape index (κ2) is 4.28. The smallest absolute Gasteiger partial charge is 0.142 e. The summed E-state index contributed by atoms with van der Waals surface area (Å²) in [5.41, 5.74) is 2.51. The van der Waals surface area contributed by atoms with E-state index in [1.165, 1.54) is 11.3 Å². The number of ketones is 1. The lowest BCUT2D eigenvalue weighted by molar-refractivity contribution is -0.126. The molecule has 1 heterocycles. The molecular weight excluding hydrogens is 198 g/mol. The van der Waals surface area contributed by atoms with Gasteiger partial charge in [-0.15, -0.1) is 0 Å². The van der Waals surface area contributed by atoms with Gasteiger partial charge in [-0.25, -0.2) is 0 Å². The van der Waals surface area contributed by atoms with Crippen LogP contribution in [0.3, 0.4) is 0 Å². The topological polar surface area (TPSA) is 20.3 Å². The van der Waals surface area contributed by atoms with Crippen LogP contribution in [-0.4, -0.2) is 18.9 Å². The van der Waals surface area contributed by atoms with Gasteiger partial charge in [0.15, 0.2) is 0 Å². The zero-order valence-corrected chi connectivity index (χ0v) is 10.2. The van der Waals surface area contributed by atoms with Crippen molar-refractivity contribution in [3.63, 3.8) is 0 Å². The molecule has 0 radical (unpaired) electrons. The molecule has 1 aromatic rings. The second-order valence-electron chi connectivity index (χ2n) is 4.94. The zero-order valence-electron chi connectivity index (χ0n) is 10.2. The van der Waals surface area contributed by atoms with Crippen molar-refractivity contribution >= 4 is 11.5 Å². The number of rotatable bonds is 1. The number of benzene rings is 1. The van der Waals surface area contributed by atoms with Crippen LogP contribution < -0.4 is 4.90 Å². The third-order valence-corrected chi connectivity index (χ3v) is 3.36. The molecule has 2 heteroatoms. The number of aryl methyl sites for hydroxylation is 1. The van der Waals surface area contributed by atoms with Gasteiger partial charge in [0.1, 0.15) is 5.78 Å². The number of nitrogens with zero attached hydrogens (tertiary/aromatic N) is 1. The molecule has 2 rings (SSSR count). The Bertz CT molecular complexity index is 368. The molecule has 0 bridgehead atoms. The van der Waals surface area contributed by atoms with Crippen molar-refractivity contribution < 1.29 is 4.79 Å². The fourth-order valence-electron chi connectivity index (χ4n) is 2.37. The summed E-state index contributed by atoms with van der Waals surface area (Å²) in [5, 5.41) is 0. The van der Waals surface area contributed by atoms with Crippen molar-refractivity contribution in [2.45, 2.75) is 20.8 Å². The minimum atomic E-state index is 0.157. The van der Waals surface area contributed by atoms with Crippen LogP contribution in [0.4, 0.5) is 5.69 Å². The Morgan fingerprint density at radius 2 is 1.56 bits per heavy atom. The first-order valence-electron chi connectivity index (χ1n) is 5.93. The molecule has 1 aliphatic rings. The van der Waals surface area contributed by atoms with Crippen molar-refractivity contribution in [1.29, 1.82) is 0 Å². The Balaban J connectivity index is 2.17. The van der Waals surface area contributed by atoms with Crippen LogP contribution in [0.1, 0.15) is 19.4 Å². The monoisotopic (exact) mass is 217 g/mol. The summed E-state index contributed by atoms with van der Waals surface area (Å²) in [7, 11) is 0. The average molecular weight is 217 g/mol. The van der Waals surface area contributed by atoms with E-state index in [-0.39, 0.29) is 11.8 Å². The third-order valence-electron chi connectivity index (χ3n) is 3.36. The molecule has 2 nitrogen and oxygen atoms in total. The van der Waals surface area contributed by atoms with Gasteiger partial charge in [-0.2, -0.15) is 0 Å². The van der Waals surface area contributed by atoms with Crippen LogP contribution in [0.15, 0.2) is 24.3 Å². The molecule has 0 saturated carbocycles. The molecule has 1 aliphatic heterocycles. The number of carbonyl (C=O) groups excluding carboxylic acids is 1. The Hall–Kier alpha value is -1.31. The summed E-state index contributed by atoms with van der Waals surface area (Å²) in [6.07, 6.45) is 0. The van der Waals surface area contributed by atoms with Gasteiger partial charge in [0.05, 0.1) is 0 Å². The molecule has 1 fully saturated rings. The predicted molar refractivity (Wildman–Crippen MR) is 66.7 cm³/mol. The summed E-state index contributed by atoms with van der Waals surface area (Å²) in [4.78, 5) is 14.0. The van der Waals surface area contributed by atoms with E-state index in [1.54, 1.807) is 0 Å². The van der Waals surface area contributed by atoms with Gasteiger partial charge < -0.3 is 4.90 Å². The summed E-state index contributed by atoms with van der Waals surface area (Å²) in [6.45, 7) is 7.85. The van der Waals surface area contributed by atoms with Crippen molar-refractivity contribution in [1.82, 2.24) is 0 Å². The van der Waals surface area contributed by atoms with Gasteiger partial charge in [-0.3, -0.25) is 4.79 Å². The van der Waals surface area contributed by atoms with Crippen molar-refractivity contribution in [3.05, 3.63) is 29.8 Å². The molecule has 16 heavy (non-hydrogen) atoms. The van der Waals surface area contributed by atoms with E-state index in [1.807, 2.05) is 13.8 Å². The van der Waals surface area contributed by atoms with E-state index in [9.17, 15) is 4.79 Å². The van der Waals surface area contributed by atoms with Crippen LogP contribution >= 0.6 is 0 Å². The summed E-state index contributed by atoms with van der Waals surface area (Å²) in [5.74, 6) is 0.721. The fourth-order valence-corrected chi connectivity index (χ4v) is 2.37. The molecule has 0 aliphatic carbocycles. The van der Waals surface area contributed by atoms with Crippen LogP contribution in [0.5, 0.6) is 0 Å². The van der Waals surface area contributed by atoms with Gasteiger partial charge in [0, 0.05) is 30.6 Å². The second-order valence-corrected chi connectivity index (χ2v) is 4.94. The van der Waals surface area contributed by atoms with Gasteiger partial charge in [0.25, 0.3) is 0 Å². The van der Waals surface area contributed by atoms with E-state index in [4.69, 9.17) is 0 Å². The summed E-state index contributed by atoms with van der Waals surface area (Å²) >= 11 is 0. The Labute approximate surface area is 97.3 Å². The molecule has 0 amide bonds. The summed E-state index contributed by atoms with van der Waals surface area (Å²) < 4.78 is 0. The van der Waals surface area contributed by atoms with Crippen molar-refractivity contribution in [2.24, 2.45) is 11.8 Å². The van der Waals surface area contributed by atoms with Crippen LogP contribution in [-0.2, 0) is 4.79 Å². The Kier molecular flexibility index (Phi) is 2.99. The molecule has 0 spiro atoms. The number of carbonyl (C=O) groups is 1. The predicted octanol–water partition coefficient (Wildman–Crippen LogP) is 2.66. The Morgan fingerprint density at radius 3 is 2.06 bits per heavy atom. The van der Waals surface area contributed by atoms with Crippen molar-refractivity contribution in [3.8, 4) is 0 Å². The van der Waals surface area contributed by atoms with Crippen LogP contribution in [0, 0.1) is 18.8 Å². The third kappa shape index (κ3) is 2.11.